The minimum atomic E-state index is -0.551. The van der Waals surface area contributed by atoms with E-state index in [1.807, 2.05) is 43.3 Å². The fourth-order valence-corrected chi connectivity index (χ4v) is 2.95. The molecular weight excluding hydrogens is 300 g/mol. The van der Waals surface area contributed by atoms with E-state index in [0.29, 0.717) is 5.75 Å². The van der Waals surface area contributed by atoms with Gasteiger partial charge in [0.25, 0.3) is 5.91 Å². The van der Waals surface area contributed by atoms with Crippen LogP contribution in [0.3, 0.4) is 0 Å². The molecule has 1 amide bonds. The lowest BCUT2D eigenvalue weighted by molar-refractivity contribution is -0.122. The molecule has 3 rings (SSSR count). The second-order valence-electron chi connectivity index (χ2n) is 6.26. The second kappa shape index (κ2) is 7.39. The summed E-state index contributed by atoms with van der Waals surface area (Å²) in [5.74, 6) is 0.553. The summed E-state index contributed by atoms with van der Waals surface area (Å²) in [5.41, 5.74) is 3.14. The number of rotatable bonds is 5. The summed E-state index contributed by atoms with van der Waals surface area (Å²) in [6.07, 6.45) is 1.96. The Morgan fingerprint density at radius 1 is 1.12 bits per heavy atom. The molecule has 0 aromatic heterocycles. The summed E-state index contributed by atoms with van der Waals surface area (Å²) in [4.78, 5) is 14.8. The summed E-state index contributed by atoms with van der Waals surface area (Å²) in [6.45, 7) is 6.02. The molecule has 1 atom stereocenters. The van der Waals surface area contributed by atoms with Gasteiger partial charge in [-0.2, -0.15) is 0 Å². The molecule has 1 fully saturated rings. The topological polar surface area (TPSA) is 41.6 Å². The molecule has 1 aliphatic heterocycles. The third kappa shape index (κ3) is 3.88. The number of hydrogen-bond donors (Lipinski definition) is 1. The smallest absolute Gasteiger partial charge is 0.265 e. The van der Waals surface area contributed by atoms with Gasteiger partial charge in [0.2, 0.25) is 0 Å². The van der Waals surface area contributed by atoms with E-state index in [2.05, 4.69) is 22.3 Å². The van der Waals surface area contributed by atoms with Gasteiger partial charge >= 0.3 is 0 Å². The van der Waals surface area contributed by atoms with Gasteiger partial charge in [-0.25, -0.2) is 0 Å². The molecule has 1 N–H and O–H groups in total. The molecule has 0 aliphatic carbocycles. The summed E-state index contributed by atoms with van der Waals surface area (Å²) in [5, 5.41) is 2.97. The van der Waals surface area contributed by atoms with E-state index >= 15 is 0 Å². The Balaban J connectivity index is 1.63. The molecule has 24 heavy (non-hydrogen) atoms. The molecule has 1 heterocycles. The molecule has 126 valence electrons. The van der Waals surface area contributed by atoms with Gasteiger partial charge < -0.3 is 15.0 Å². The zero-order valence-corrected chi connectivity index (χ0v) is 14.3. The number of aryl methyl sites for hydroxylation is 1. The molecule has 0 bridgehead atoms. The molecule has 2 aromatic carbocycles. The predicted octanol–water partition coefficient (Wildman–Crippen LogP) is 4.00. The third-order valence-electron chi connectivity index (χ3n) is 4.36. The van der Waals surface area contributed by atoms with Crippen LogP contribution in [0.25, 0.3) is 0 Å². The van der Waals surface area contributed by atoms with Crippen LogP contribution in [-0.2, 0) is 4.79 Å². The SMILES string of the molecule is Cc1cc(N2CCCC2)ccc1NC(=O)[C@H](C)Oc1ccccc1. The van der Waals surface area contributed by atoms with Crippen molar-refractivity contribution in [3.8, 4) is 5.75 Å². The first kappa shape index (κ1) is 16.4. The first-order valence-corrected chi connectivity index (χ1v) is 8.51. The van der Waals surface area contributed by atoms with Gasteiger partial charge in [0.1, 0.15) is 5.75 Å². The molecule has 0 radical (unpaired) electrons. The number of ether oxygens (including phenoxy) is 1. The summed E-state index contributed by atoms with van der Waals surface area (Å²) >= 11 is 0. The Morgan fingerprint density at radius 2 is 1.83 bits per heavy atom. The van der Waals surface area contributed by atoms with Crippen molar-refractivity contribution in [3.05, 3.63) is 54.1 Å². The van der Waals surface area contributed by atoms with Crippen molar-refractivity contribution in [1.29, 1.82) is 0 Å². The van der Waals surface area contributed by atoms with Crippen molar-refractivity contribution in [2.24, 2.45) is 0 Å². The Kier molecular flexibility index (Phi) is 5.04. The minimum absolute atomic E-state index is 0.143. The van der Waals surface area contributed by atoms with Crippen molar-refractivity contribution >= 4 is 17.3 Å². The minimum Gasteiger partial charge on any atom is -0.481 e. The van der Waals surface area contributed by atoms with Crippen LogP contribution in [0.5, 0.6) is 5.75 Å². The van der Waals surface area contributed by atoms with Crippen LogP contribution in [0.1, 0.15) is 25.3 Å². The molecule has 0 saturated carbocycles. The van der Waals surface area contributed by atoms with Gasteiger partial charge in [0, 0.05) is 24.5 Å². The van der Waals surface area contributed by atoms with Gasteiger partial charge in [0.15, 0.2) is 6.10 Å². The predicted molar refractivity (Wildman–Crippen MR) is 97.8 cm³/mol. The molecule has 0 spiro atoms. The summed E-state index contributed by atoms with van der Waals surface area (Å²) in [6, 6.07) is 15.6. The molecular formula is C20H24N2O2. The average molecular weight is 324 g/mol. The van der Waals surface area contributed by atoms with Crippen LogP contribution in [0.4, 0.5) is 11.4 Å². The highest BCUT2D eigenvalue weighted by Gasteiger charge is 2.17. The average Bonchev–Trinajstić information content (AvgIpc) is 3.12. The number of nitrogens with zero attached hydrogens (tertiary/aromatic N) is 1. The highest BCUT2D eigenvalue weighted by molar-refractivity contribution is 5.95. The maximum Gasteiger partial charge on any atom is 0.265 e. The van der Waals surface area contributed by atoms with E-state index in [0.717, 1.165) is 24.3 Å². The van der Waals surface area contributed by atoms with Crippen LogP contribution in [0, 0.1) is 6.92 Å². The van der Waals surface area contributed by atoms with E-state index < -0.39 is 6.10 Å². The zero-order chi connectivity index (χ0) is 16.9. The lowest BCUT2D eigenvalue weighted by atomic mass is 10.1. The van der Waals surface area contributed by atoms with Crippen molar-refractivity contribution in [2.45, 2.75) is 32.8 Å². The highest BCUT2D eigenvalue weighted by Crippen LogP contribution is 2.25. The molecule has 4 nitrogen and oxygen atoms in total. The Morgan fingerprint density at radius 3 is 2.50 bits per heavy atom. The number of amides is 1. The fourth-order valence-electron chi connectivity index (χ4n) is 2.95. The monoisotopic (exact) mass is 324 g/mol. The van der Waals surface area contributed by atoms with Crippen molar-refractivity contribution < 1.29 is 9.53 Å². The number of benzene rings is 2. The lowest BCUT2D eigenvalue weighted by Crippen LogP contribution is -2.30. The normalized spacial score (nSPS) is 15.2. The standard InChI is InChI=1S/C20H24N2O2/c1-15-14-17(22-12-6-7-13-22)10-11-19(15)21-20(23)16(2)24-18-8-4-3-5-9-18/h3-5,8-11,14,16H,6-7,12-13H2,1-2H3,(H,21,23)/t16-/m0/s1. The molecule has 0 unspecified atom stereocenters. The molecule has 1 saturated heterocycles. The maximum atomic E-state index is 12.4. The lowest BCUT2D eigenvalue weighted by Gasteiger charge is -2.20. The van der Waals surface area contributed by atoms with Gasteiger partial charge in [0.05, 0.1) is 0 Å². The van der Waals surface area contributed by atoms with Gasteiger partial charge in [-0.15, -0.1) is 0 Å². The number of anilines is 2. The van der Waals surface area contributed by atoms with Crippen molar-refractivity contribution in [1.82, 2.24) is 0 Å². The summed E-state index contributed by atoms with van der Waals surface area (Å²) in [7, 11) is 0. The van der Waals surface area contributed by atoms with E-state index in [1.54, 1.807) is 6.92 Å². The first-order chi connectivity index (χ1) is 11.6. The van der Waals surface area contributed by atoms with Crippen molar-refractivity contribution in [2.75, 3.05) is 23.3 Å². The van der Waals surface area contributed by atoms with Crippen LogP contribution in [0.2, 0.25) is 0 Å². The van der Waals surface area contributed by atoms with E-state index in [9.17, 15) is 4.79 Å². The quantitative estimate of drug-likeness (QED) is 0.904. The second-order valence-corrected chi connectivity index (χ2v) is 6.26. The highest BCUT2D eigenvalue weighted by atomic mass is 16.5. The van der Waals surface area contributed by atoms with Gasteiger partial charge in [-0.3, -0.25) is 4.79 Å². The number of hydrogen-bond acceptors (Lipinski definition) is 3. The van der Waals surface area contributed by atoms with Crippen LogP contribution < -0.4 is 15.0 Å². The maximum absolute atomic E-state index is 12.4. The Labute approximate surface area is 143 Å². The number of nitrogens with one attached hydrogen (secondary N) is 1. The van der Waals surface area contributed by atoms with Gasteiger partial charge in [-0.1, -0.05) is 18.2 Å². The molecule has 4 heteroatoms. The van der Waals surface area contributed by atoms with Crippen LogP contribution in [0.15, 0.2) is 48.5 Å². The van der Waals surface area contributed by atoms with Crippen molar-refractivity contribution in [3.63, 3.8) is 0 Å². The third-order valence-corrected chi connectivity index (χ3v) is 4.36. The van der Waals surface area contributed by atoms with Gasteiger partial charge in [-0.05, 0) is 62.6 Å². The van der Waals surface area contributed by atoms with E-state index in [-0.39, 0.29) is 5.91 Å². The summed E-state index contributed by atoms with van der Waals surface area (Å²) < 4.78 is 5.67. The Hall–Kier alpha value is -2.49. The van der Waals surface area contributed by atoms with Crippen LogP contribution in [-0.4, -0.2) is 25.1 Å². The van der Waals surface area contributed by atoms with Crippen LogP contribution >= 0.6 is 0 Å². The fraction of sp³-hybridized carbons (Fsp3) is 0.350. The zero-order valence-electron chi connectivity index (χ0n) is 14.3. The number of para-hydroxylation sites is 1. The molecule has 2 aromatic rings. The number of carbonyl (C=O) groups excluding carboxylic acids is 1. The van der Waals surface area contributed by atoms with E-state index in [4.69, 9.17) is 4.74 Å². The number of carbonyl (C=O) groups is 1. The molecule has 1 aliphatic rings. The first-order valence-electron chi connectivity index (χ1n) is 8.51. The largest absolute Gasteiger partial charge is 0.481 e. The Bertz CT molecular complexity index is 694. The van der Waals surface area contributed by atoms with E-state index in [1.165, 1.54) is 18.5 Å².